The number of carbonyl (C=O) groups excluding carboxylic acids is 2. The lowest BCUT2D eigenvalue weighted by Crippen LogP contribution is -2.36. The van der Waals surface area contributed by atoms with Gasteiger partial charge in [0.05, 0.1) is 5.75 Å². The van der Waals surface area contributed by atoms with E-state index in [1.54, 1.807) is 0 Å². The lowest BCUT2D eigenvalue weighted by molar-refractivity contribution is -0.120. The molecule has 8 heteroatoms. The number of benzene rings is 1. The molecule has 0 aliphatic heterocycles. The Hall–Kier alpha value is -2.09. The van der Waals surface area contributed by atoms with Crippen LogP contribution in [0, 0.1) is 0 Å². The minimum atomic E-state index is -3.77. The van der Waals surface area contributed by atoms with Gasteiger partial charge in [-0.2, -0.15) is 0 Å². The lowest BCUT2D eigenvalue weighted by Gasteiger charge is -2.16. The quantitative estimate of drug-likeness (QED) is 0.699. The third-order valence-corrected chi connectivity index (χ3v) is 6.38. The number of aryl methyl sites for hydroxylation is 2. The fourth-order valence-electron chi connectivity index (χ4n) is 3.85. The second-order valence-corrected chi connectivity index (χ2v) is 8.73. The van der Waals surface area contributed by atoms with Gasteiger partial charge in [-0.15, -0.1) is 0 Å². The molecule has 0 aromatic heterocycles. The number of carbonyl (C=O) groups is 2. The van der Waals surface area contributed by atoms with Gasteiger partial charge in [0.15, 0.2) is 0 Å². The molecule has 26 heavy (non-hydrogen) atoms. The van der Waals surface area contributed by atoms with Crippen LogP contribution in [0.3, 0.4) is 0 Å². The highest BCUT2D eigenvalue weighted by Gasteiger charge is 2.25. The number of nitrogens with one attached hydrogen (secondary N) is 3. The molecule has 3 amide bonds. The van der Waals surface area contributed by atoms with Crippen LogP contribution in [-0.4, -0.2) is 33.2 Å². The first-order valence-electron chi connectivity index (χ1n) is 9.08. The number of urea groups is 1. The van der Waals surface area contributed by atoms with Gasteiger partial charge in [0, 0.05) is 19.2 Å². The second kappa shape index (κ2) is 7.65. The van der Waals surface area contributed by atoms with Gasteiger partial charge in [-0.05, 0) is 67.2 Å². The average molecular weight is 379 g/mol. The van der Waals surface area contributed by atoms with Crippen LogP contribution in [0.1, 0.15) is 47.9 Å². The molecule has 3 N–H and O–H groups in total. The zero-order valence-corrected chi connectivity index (χ0v) is 15.8. The van der Waals surface area contributed by atoms with Gasteiger partial charge in [0.1, 0.15) is 0 Å². The molecular formula is C18H25N3O4S. The highest BCUT2D eigenvalue weighted by Crippen LogP contribution is 2.38. The first-order chi connectivity index (χ1) is 12.4. The predicted molar refractivity (Wildman–Crippen MR) is 99.7 cm³/mol. The second-order valence-electron chi connectivity index (χ2n) is 6.89. The van der Waals surface area contributed by atoms with Crippen molar-refractivity contribution in [2.24, 2.45) is 0 Å². The summed E-state index contributed by atoms with van der Waals surface area (Å²) in [7, 11) is -2.28. The maximum atomic E-state index is 12.3. The minimum absolute atomic E-state index is 0.110. The standard InChI is InChI=1S/C18H25N3O4S/c1-19-16(22)9-4-10-26(24,25)21-18(23)20-17-14-7-2-5-12(14)11-13-6-3-8-15(13)17/h11H,2-10H2,1H3,(H,19,22)(H2,20,21,23). The van der Waals surface area contributed by atoms with Crippen LogP contribution in [0.2, 0.25) is 0 Å². The van der Waals surface area contributed by atoms with Crippen LogP contribution in [0.5, 0.6) is 0 Å². The number of hydrogen-bond donors (Lipinski definition) is 3. The van der Waals surface area contributed by atoms with Crippen molar-refractivity contribution in [3.63, 3.8) is 0 Å². The lowest BCUT2D eigenvalue weighted by atomic mass is 9.99. The highest BCUT2D eigenvalue weighted by molar-refractivity contribution is 7.90. The summed E-state index contributed by atoms with van der Waals surface area (Å²) in [5, 5.41) is 5.24. The number of hydrogen-bond acceptors (Lipinski definition) is 4. The molecule has 2 aliphatic rings. The summed E-state index contributed by atoms with van der Waals surface area (Å²) in [6.45, 7) is 0. The molecule has 0 heterocycles. The van der Waals surface area contributed by atoms with E-state index in [0.717, 1.165) is 55.3 Å². The number of amides is 3. The van der Waals surface area contributed by atoms with Gasteiger partial charge in [-0.25, -0.2) is 17.9 Å². The summed E-state index contributed by atoms with van der Waals surface area (Å²) >= 11 is 0. The summed E-state index contributed by atoms with van der Waals surface area (Å²) in [6.07, 6.45) is 6.25. The average Bonchev–Trinajstić information content (AvgIpc) is 3.22. The fourth-order valence-corrected chi connectivity index (χ4v) is 4.81. The highest BCUT2D eigenvalue weighted by atomic mass is 32.2. The summed E-state index contributed by atoms with van der Waals surface area (Å²) in [5.41, 5.74) is 5.66. The van der Waals surface area contributed by atoms with Crippen molar-refractivity contribution in [1.29, 1.82) is 0 Å². The van der Waals surface area contributed by atoms with E-state index >= 15 is 0 Å². The molecule has 0 spiro atoms. The van der Waals surface area contributed by atoms with Crippen LogP contribution in [0.15, 0.2) is 6.07 Å². The third-order valence-electron chi connectivity index (χ3n) is 5.06. The Bertz CT molecular complexity index is 801. The molecule has 0 atom stereocenters. The monoisotopic (exact) mass is 379 g/mol. The van der Waals surface area contributed by atoms with Crippen LogP contribution in [0.25, 0.3) is 0 Å². The van der Waals surface area contributed by atoms with Gasteiger partial charge >= 0.3 is 6.03 Å². The van der Waals surface area contributed by atoms with Gasteiger partial charge in [-0.1, -0.05) is 6.07 Å². The molecule has 0 saturated carbocycles. The summed E-state index contributed by atoms with van der Waals surface area (Å²) < 4.78 is 26.2. The summed E-state index contributed by atoms with van der Waals surface area (Å²) in [6, 6.07) is 1.53. The molecule has 1 aromatic carbocycles. The number of rotatable bonds is 6. The van der Waals surface area contributed by atoms with Crippen molar-refractivity contribution in [2.75, 3.05) is 18.1 Å². The number of sulfonamides is 1. The smallest absolute Gasteiger partial charge is 0.332 e. The predicted octanol–water partition coefficient (Wildman–Crippen LogP) is 1.64. The van der Waals surface area contributed by atoms with E-state index in [0.29, 0.717) is 0 Å². The molecule has 0 saturated heterocycles. The summed E-state index contributed by atoms with van der Waals surface area (Å²) in [5.74, 6) is -0.487. The van der Waals surface area contributed by atoms with Crippen LogP contribution in [-0.2, 0) is 40.5 Å². The van der Waals surface area contributed by atoms with Crippen LogP contribution < -0.4 is 15.4 Å². The fraction of sp³-hybridized carbons (Fsp3) is 0.556. The first kappa shape index (κ1) is 18.7. The molecule has 0 fully saturated rings. The first-order valence-corrected chi connectivity index (χ1v) is 10.7. The molecule has 0 bridgehead atoms. The molecule has 0 unspecified atom stereocenters. The largest absolute Gasteiger partial charge is 0.359 e. The van der Waals surface area contributed by atoms with E-state index in [1.807, 2.05) is 0 Å². The van der Waals surface area contributed by atoms with Gasteiger partial charge in [-0.3, -0.25) is 4.79 Å². The van der Waals surface area contributed by atoms with Crippen molar-refractivity contribution >= 4 is 27.6 Å². The van der Waals surface area contributed by atoms with E-state index in [-0.39, 0.29) is 24.5 Å². The van der Waals surface area contributed by atoms with E-state index in [2.05, 4.69) is 21.4 Å². The Labute approximate surface area is 154 Å². The minimum Gasteiger partial charge on any atom is -0.359 e. The zero-order chi connectivity index (χ0) is 18.7. The van der Waals surface area contributed by atoms with E-state index in [9.17, 15) is 18.0 Å². The molecule has 7 nitrogen and oxygen atoms in total. The van der Waals surface area contributed by atoms with Crippen molar-refractivity contribution in [2.45, 2.75) is 51.4 Å². The van der Waals surface area contributed by atoms with Crippen molar-refractivity contribution in [3.8, 4) is 0 Å². The molecular weight excluding hydrogens is 354 g/mol. The van der Waals surface area contributed by atoms with Gasteiger partial charge < -0.3 is 10.6 Å². The third kappa shape index (κ3) is 4.17. The maximum Gasteiger partial charge on any atom is 0.332 e. The molecule has 3 rings (SSSR count). The Morgan fingerprint density at radius 2 is 1.65 bits per heavy atom. The molecule has 142 valence electrons. The Kier molecular flexibility index (Phi) is 5.50. The molecule has 1 aromatic rings. The number of anilines is 1. The van der Waals surface area contributed by atoms with E-state index < -0.39 is 16.1 Å². The molecule has 2 aliphatic carbocycles. The van der Waals surface area contributed by atoms with Crippen molar-refractivity contribution < 1.29 is 18.0 Å². The van der Waals surface area contributed by atoms with Gasteiger partial charge in [0.2, 0.25) is 15.9 Å². The van der Waals surface area contributed by atoms with Gasteiger partial charge in [0.25, 0.3) is 0 Å². The van der Waals surface area contributed by atoms with Crippen LogP contribution in [0.4, 0.5) is 10.5 Å². The topological polar surface area (TPSA) is 104 Å². The Morgan fingerprint density at radius 3 is 2.23 bits per heavy atom. The van der Waals surface area contributed by atoms with Crippen molar-refractivity contribution in [1.82, 2.24) is 10.0 Å². The molecule has 0 radical (unpaired) electrons. The maximum absolute atomic E-state index is 12.3. The van der Waals surface area contributed by atoms with E-state index in [1.165, 1.54) is 18.2 Å². The SMILES string of the molecule is CNC(=O)CCCS(=O)(=O)NC(=O)Nc1c2c(cc3c1CCC3)CCC2. The Balaban J connectivity index is 1.67. The normalized spacial score (nSPS) is 15.3. The van der Waals surface area contributed by atoms with E-state index in [4.69, 9.17) is 0 Å². The van der Waals surface area contributed by atoms with Crippen LogP contribution >= 0.6 is 0 Å². The summed E-state index contributed by atoms with van der Waals surface area (Å²) in [4.78, 5) is 23.5. The number of fused-ring (bicyclic) bond motifs is 2. The zero-order valence-electron chi connectivity index (χ0n) is 15.0. The Morgan fingerprint density at radius 1 is 1.04 bits per heavy atom. The van der Waals surface area contributed by atoms with Crippen molar-refractivity contribution in [3.05, 3.63) is 28.3 Å².